The van der Waals surface area contributed by atoms with Crippen molar-refractivity contribution in [3.05, 3.63) is 0 Å². The highest BCUT2D eigenvalue weighted by Crippen LogP contribution is 2.29. The standard InChI is InChI=1S/C14H27N3O/c1-3-16-6-8-17(9-7-16)14(18)12-4-5-13(15)11(2)10-12/h11-13H,3-10,15H2,1-2H3. The molecule has 1 aliphatic carbocycles. The third-order valence-corrected chi connectivity index (χ3v) is 4.72. The molecular weight excluding hydrogens is 226 g/mol. The molecule has 2 N–H and O–H groups in total. The highest BCUT2D eigenvalue weighted by Gasteiger charge is 2.32. The predicted octanol–water partition coefficient (Wildman–Crippen LogP) is 0.914. The number of piperazine rings is 1. The molecule has 0 aromatic heterocycles. The maximum absolute atomic E-state index is 12.5. The molecule has 1 heterocycles. The van der Waals surface area contributed by atoms with Crippen molar-refractivity contribution in [1.82, 2.24) is 9.80 Å². The lowest BCUT2D eigenvalue weighted by atomic mass is 9.78. The SMILES string of the molecule is CCN1CCN(C(=O)C2CCC(N)C(C)C2)CC1. The van der Waals surface area contributed by atoms with Gasteiger partial charge in [0.05, 0.1) is 0 Å². The minimum Gasteiger partial charge on any atom is -0.340 e. The van der Waals surface area contributed by atoms with Gasteiger partial charge in [-0.15, -0.1) is 0 Å². The fourth-order valence-corrected chi connectivity index (χ4v) is 3.19. The number of nitrogens with two attached hydrogens (primary N) is 1. The molecule has 0 bridgehead atoms. The third kappa shape index (κ3) is 3.04. The molecule has 3 unspecified atom stereocenters. The Hall–Kier alpha value is -0.610. The van der Waals surface area contributed by atoms with E-state index in [0.29, 0.717) is 17.9 Å². The van der Waals surface area contributed by atoms with Gasteiger partial charge in [0.1, 0.15) is 0 Å². The maximum Gasteiger partial charge on any atom is 0.225 e. The van der Waals surface area contributed by atoms with E-state index in [4.69, 9.17) is 5.73 Å². The van der Waals surface area contributed by atoms with Crippen molar-refractivity contribution in [1.29, 1.82) is 0 Å². The van der Waals surface area contributed by atoms with Gasteiger partial charge in [0, 0.05) is 38.1 Å². The normalized spacial score (nSPS) is 34.6. The molecule has 1 aliphatic heterocycles. The van der Waals surface area contributed by atoms with Gasteiger partial charge in [-0.05, 0) is 31.7 Å². The molecule has 0 spiro atoms. The molecule has 1 saturated heterocycles. The zero-order chi connectivity index (χ0) is 13.1. The highest BCUT2D eigenvalue weighted by molar-refractivity contribution is 5.79. The number of likely N-dealkylation sites (N-methyl/N-ethyl adjacent to an activating group) is 1. The monoisotopic (exact) mass is 253 g/mol. The average Bonchev–Trinajstić information content (AvgIpc) is 2.41. The summed E-state index contributed by atoms with van der Waals surface area (Å²) >= 11 is 0. The van der Waals surface area contributed by atoms with E-state index in [2.05, 4.69) is 23.6 Å². The van der Waals surface area contributed by atoms with E-state index in [9.17, 15) is 4.79 Å². The summed E-state index contributed by atoms with van der Waals surface area (Å²) in [6, 6.07) is 0.297. The van der Waals surface area contributed by atoms with E-state index in [1.54, 1.807) is 0 Å². The first-order chi connectivity index (χ1) is 8.61. The summed E-state index contributed by atoms with van der Waals surface area (Å²) in [7, 11) is 0. The van der Waals surface area contributed by atoms with E-state index >= 15 is 0 Å². The summed E-state index contributed by atoms with van der Waals surface area (Å²) in [6.07, 6.45) is 2.97. The van der Waals surface area contributed by atoms with Crippen LogP contribution >= 0.6 is 0 Å². The van der Waals surface area contributed by atoms with E-state index in [1.165, 1.54) is 0 Å². The van der Waals surface area contributed by atoms with Crippen LogP contribution in [0.3, 0.4) is 0 Å². The Labute approximate surface area is 110 Å². The molecule has 18 heavy (non-hydrogen) atoms. The van der Waals surface area contributed by atoms with Crippen molar-refractivity contribution in [2.45, 2.75) is 39.2 Å². The van der Waals surface area contributed by atoms with Gasteiger partial charge in [0.15, 0.2) is 0 Å². The summed E-state index contributed by atoms with van der Waals surface area (Å²) < 4.78 is 0. The smallest absolute Gasteiger partial charge is 0.225 e. The van der Waals surface area contributed by atoms with Crippen molar-refractivity contribution in [2.24, 2.45) is 17.6 Å². The highest BCUT2D eigenvalue weighted by atomic mass is 16.2. The molecule has 1 saturated carbocycles. The van der Waals surface area contributed by atoms with Crippen LogP contribution in [0.5, 0.6) is 0 Å². The molecule has 0 aromatic rings. The van der Waals surface area contributed by atoms with Crippen LogP contribution in [0.15, 0.2) is 0 Å². The Kier molecular flexibility index (Phi) is 4.62. The van der Waals surface area contributed by atoms with Crippen LogP contribution in [0.2, 0.25) is 0 Å². The van der Waals surface area contributed by atoms with Gasteiger partial charge in [-0.2, -0.15) is 0 Å². The molecule has 0 aromatic carbocycles. The number of hydrogen-bond acceptors (Lipinski definition) is 3. The quantitative estimate of drug-likeness (QED) is 0.796. The van der Waals surface area contributed by atoms with Gasteiger partial charge < -0.3 is 15.5 Å². The number of amides is 1. The third-order valence-electron chi connectivity index (χ3n) is 4.72. The second kappa shape index (κ2) is 6.02. The van der Waals surface area contributed by atoms with Gasteiger partial charge >= 0.3 is 0 Å². The molecule has 2 fully saturated rings. The first kappa shape index (κ1) is 13.8. The number of hydrogen-bond donors (Lipinski definition) is 1. The van der Waals surface area contributed by atoms with E-state index in [0.717, 1.165) is 52.0 Å². The van der Waals surface area contributed by atoms with Gasteiger partial charge in [-0.3, -0.25) is 4.79 Å². The number of carbonyl (C=O) groups excluding carboxylic acids is 1. The number of rotatable bonds is 2. The number of carbonyl (C=O) groups is 1. The van der Waals surface area contributed by atoms with E-state index in [-0.39, 0.29) is 5.92 Å². The largest absolute Gasteiger partial charge is 0.340 e. The van der Waals surface area contributed by atoms with Crippen LogP contribution < -0.4 is 5.73 Å². The van der Waals surface area contributed by atoms with Crippen molar-refractivity contribution < 1.29 is 4.79 Å². The Morgan fingerprint density at radius 1 is 1.22 bits per heavy atom. The molecule has 1 amide bonds. The van der Waals surface area contributed by atoms with E-state index in [1.807, 2.05) is 0 Å². The van der Waals surface area contributed by atoms with Gasteiger partial charge in [0.25, 0.3) is 0 Å². The molecule has 4 nitrogen and oxygen atoms in total. The minimum atomic E-state index is 0.230. The minimum absolute atomic E-state index is 0.230. The van der Waals surface area contributed by atoms with Crippen molar-refractivity contribution in [2.75, 3.05) is 32.7 Å². The summed E-state index contributed by atoms with van der Waals surface area (Å²) in [4.78, 5) is 16.9. The van der Waals surface area contributed by atoms with Crippen molar-refractivity contribution in [3.63, 3.8) is 0 Å². The average molecular weight is 253 g/mol. The van der Waals surface area contributed by atoms with Gasteiger partial charge in [-0.25, -0.2) is 0 Å². The second-order valence-electron chi connectivity index (χ2n) is 5.91. The van der Waals surface area contributed by atoms with Crippen LogP contribution in [0.25, 0.3) is 0 Å². The molecule has 0 radical (unpaired) electrons. The Morgan fingerprint density at radius 2 is 1.89 bits per heavy atom. The zero-order valence-electron chi connectivity index (χ0n) is 11.8. The topological polar surface area (TPSA) is 49.6 Å². The predicted molar refractivity (Wildman–Crippen MR) is 73.2 cm³/mol. The number of nitrogens with zero attached hydrogens (tertiary/aromatic N) is 2. The molecule has 2 rings (SSSR count). The maximum atomic E-state index is 12.5. The van der Waals surface area contributed by atoms with Crippen LogP contribution in [-0.2, 0) is 4.79 Å². The van der Waals surface area contributed by atoms with Crippen molar-refractivity contribution >= 4 is 5.91 Å². The van der Waals surface area contributed by atoms with E-state index < -0.39 is 0 Å². The van der Waals surface area contributed by atoms with Crippen molar-refractivity contribution in [3.8, 4) is 0 Å². The fourth-order valence-electron chi connectivity index (χ4n) is 3.19. The fraction of sp³-hybridized carbons (Fsp3) is 0.929. The second-order valence-corrected chi connectivity index (χ2v) is 5.91. The van der Waals surface area contributed by atoms with Crippen LogP contribution in [0.1, 0.15) is 33.1 Å². The lowest BCUT2D eigenvalue weighted by molar-refractivity contribution is -0.138. The lowest BCUT2D eigenvalue weighted by Gasteiger charge is -2.38. The summed E-state index contributed by atoms with van der Waals surface area (Å²) in [5, 5.41) is 0. The van der Waals surface area contributed by atoms with Crippen LogP contribution in [-0.4, -0.2) is 54.5 Å². The molecule has 2 aliphatic rings. The summed E-state index contributed by atoms with van der Waals surface area (Å²) in [5.74, 6) is 1.10. The van der Waals surface area contributed by atoms with Gasteiger partial charge in [-0.1, -0.05) is 13.8 Å². The Morgan fingerprint density at radius 3 is 2.44 bits per heavy atom. The van der Waals surface area contributed by atoms with Crippen LogP contribution in [0.4, 0.5) is 0 Å². The lowest BCUT2D eigenvalue weighted by Crippen LogP contribution is -2.51. The summed E-state index contributed by atoms with van der Waals surface area (Å²) in [5.41, 5.74) is 6.02. The first-order valence-corrected chi connectivity index (χ1v) is 7.38. The summed E-state index contributed by atoms with van der Waals surface area (Å²) in [6.45, 7) is 9.33. The molecule has 3 atom stereocenters. The molecule has 104 valence electrons. The first-order valence-electron chi connectivity index (χ1n) is 7.38. The van der Waals surface area contributed by atoms with Gasteiger partial charge in [0.2, 0.25) is 5.91 Å². The molecule has 4 heteroatoms. The Bertz CT molecular complexity index is 287. The van der Waals surface area contributed by atoms with Crippen LogP contribution in [0, 0.1) is 11.8 Å². The Balaban J connectivity index is 1.84. The zero-order valence-corrected chi connectivity index (χ0v) is 11.8. The molecular formula is C14H27N3O.